The lowest BCUT2D eigenvalue weighted by Crippen LogP contribution is -2.34. The molecule has 2 nitrogen and oxygen atoms in total. The highest BCUT2D eigenvalue weighted by Gasteiger charge is 2.21. The Morgan fingerprint density at radius 1 is 1.18 bits per heavy atom. The predicted octanol–water partition coefficient (Wildman–Crippen LogP) is 3.77. The van der Waals surface area contributed by atoms with Gasteiger partial charge in [0.25, 0.3) is 0 Å². The third-order valence-corrected chi connectivity index (χ3v) is 3.53. The van der Waals surface area contributed by atoms with E-state index >= 15 is 0 Å². The van der Waals surface area contributed by atoms with Gasteiger partial charge in [-0.25, -0.2) is 0 Å². The zero-order chi connectivity index (χ0) is 12.7. The molecule has 1 aromatic carbocycles. The van der Waals surface area contributed by atoms with E-state index in [0.717, 1.165) is 31.5 Å². The molecule has 1 amide bonds. The first-order valence-electron chi connectivity index (χ1n) is 6.18. The Morgan fingerprint density at radius 3 is 2.18 bits per heavy atom. The van der Waals surface area contributed by atoms with Crippen LogP contribution < -0.4 is 0 Å². The van der Waals surface area contributed by atoms with Gasteiger partial charge in [-0.15, -0.1) is 0 Å². The van der Waals surface area contributed by atoms with E-state index in [2.05, 4.69) is 29.8 Å². The van der Waals surface area contributed by atoms with Gasteiger partial charge < -0.3 is 4.90 Å². The highest BCUT2D eigenvalue weighted by Crippen LogP contribution is 2.25. The Hall–Kier alpha value is -0.830. The zero-order valence-electron chi connectivity index (χ0n) is 10.5. The van der Waals surface area contributed by atoms with Crippen LogP contribution in [0.5, 0.6) is 0 Å². The summed E-state index contributed by atoms with van der Waals surface area (Å²) in [5.41, 5.74) is 1.02. The Bertz CT molecular complexity index is 333. The second kappa shape index (κ2) is 7.49. The minimum atomic E-state index is -0.221. The lowest BCUT2D eigenvalue weighted by molar-refractivity contribution is -0.130. The number of carbonyl (C=O) groups is 1. The molecule has 17 heavy (non-hydrogen) atoms. The van der Waals surface area contributed by atoms with E-state index in [1.165, 1.54) is 0 Å². The van der Waals surface area contributed by atoms with E-state index in [4.69, 9.17) is 0 Å². The Morgan fingerprint density at radius 2 is 1.71 bits per heavy atom. The molecule has 1 unspecified atom stereocenters. The topological polar surface area (TPSA) is 20.3 Å². The molecule has 1 aromatic rings. The predicted molar refractivity (Wildman–Crippen MR) is 75.3 cm³/mol. The molecule has 0 aliphatic heterocycles. The van der Waals surface area contributed by atoms with Crippen LogP contribution in [0.4, 0.5) is 0 Å². The average molecular weight is 298 g/mol. The lowest BCUT2D eigenvalue weighted by Gasteiger charge is -2.24. The summed E-state index contributed by atoms with van der Waals surface area (Å²) in [6.45, 7) is 5.87. The van der Waals surface area contributed by atoms with Crippen molar-refractivity contribution in [3.05, 3.63) is 35.9 Å². The Labute approximate surface area is 112 Å². The maximum atomic E-state index is 12.3. The highest BCUT2D eigenvalue weighted by molar-refractivity contribution is 9.09. The lowest BCUT2D eigenvalue weighted by atomic mass is 10.1. The number of halogens is 1. The molecule has 0 fully saturated rings. The van der Waals surface area contributed by atoms with Gasteiger partial charge in [0.2, 0.25) is 5.91 Å². The quantitative estimate of drug-likeness (QED) is 0.732. The van der Waals surface area contributed by atoms with Gasteiger partial charge in [0.15, 0.2) is 0 Å². The van der Waals surface area contributed by atoms with Crippen LogP contribution in [0.2, 0.25) is 0 Å². The molecule has 0 bridgehead atoms. The fourth-order valence-electron chi connectivity index (χ4n) is 1.80. The normalized spacial score (nSPS) is 12.2. The summed E-state index contributed by atoms with van der Waals surface area (Å²) in [7, 11) is 0. The molecule has 1 atom stereocenters. The minimum Gasteiger partial charge on any atom is -0.341 e. The van der Waals surface area contributed by atoms with E-state index in [1.54, 1.807) is 0 Å². The summed E-state index contributed by atoms with van der Waals surface area (Å²) in [5.74, 6) is 0.167. The van der Waals surface area contributed by atoms with E-state index in [-0.39, 0.29) is 10.7 Å². The number of benzene rings is 1. The third kappa shape index (κ3) is 4.15. The van der Waals surface area contributed by atoms with Crippen molar-refractivity contribution in [2.24, 2.45) is 0 Å². The van der Waals surface area contributed by atoms with Gasteiger partial charge in [-0.1, -0.05) is 60.1 Å². The van der Waals surface area contributed by atoms with Crippen molar-refractivity contribution in [1.82, 2.24) is 4.90 Å². The second-order valence-electron chi connectivity index (χ2n) is 4.10. The van der Waals surface area contributed by atoms with E-state index in [1.807, 2.05) is 35.2 Å². The molecule has 0 aliphatic rings. The van der Waals surface area contributed by atoms with Crippen LogP contribution in [-0.2, 0) is 4.79 Å². The number of rotatable bonds is 6. The van der Waals surface area contributed by atoms with Crippen LogP contribution in [-0.4, -0.2) is 23.9 Å². The molecule has 3 heteroatoms. The molecule has 94 valence electrons. The third-order valence-electron chi connectivity index (χ3n) is 2.61. The highest BCUT2D eigenvalue weighted by atomic mass is 79.9. The van der Waals surface area contributed by atoms with Crippen molar-refractivity contribution in [1.29, 1.82) is 0 Å². The van der Waals surface area contributed by atoms with Gasteiger partial charge in [0.05, 0.1) is 0 Å². The molecule has 0 saturated carbocycles. The zero-order valence-corrected chi connectivity index (χ0v) is 12.1. The summed E-state index contributed by atoms with van der Waals surface area (Å²) < 4.78 is 0. The van der Waals surface area contributed by atoms with Gasteiger partial charge in [-0.05, 0) is 18.4 Å². The van der Waals surface area contributed by atoms with Crippen molar-refractivity contribution < 1.29 is 4.79 Å². The summed E-state index contributed by atoms with van der Waals surface area (Å²) in [6, 6.07) is 9.84. The van der Waals surface area contributed by atoms with Crippen molar-refractivity contribution in [3.63, 3.8) is 0 Å². The maximum Gasteiger partial charge on any atom is 0.240 e. The molecule has 0 aromatic heterocycles. The summed E-state index contributed by atoms with van der Waals surface area (Å²) >= 11 is 3.50. The van der Waals surface area contributed by atoms with Gasteiger partial charge in [0, 0.05) is 13.1 Å². The number of nitrogens with zero attached hydrogens (tertiary/aromatic N) is 1. The largest absolute Gasteiger partial charge is 0.341 e. The number of hydrogen-bond acceptors (Lipinski definition) is 1. The molecule has 0 saturated heterocycles. The second-order valence-corrected chi connectivity index (χ2v) is 5.01. The molecular formula is C14H20BrNO. The summed E-state index contributed by atoms with van der Waals surface area (Å²) in [6.07, 6.45) is 2.00. The monoisotopic (exact) mass is 297 g/mol. The first kappa shape index (κ1) is 14.2. The molecule has 0 spiro atoms. The van der Waals surface area contributed by atoms with Crippen LogP contribution >= 0.6 is 15.9 Å². The summed E-state index contributed by atoms with van der Waals surface area (Å²) in [4.78, 5) is 14.0. The van der Waals surface area contributed by atoms with E-state index in [9.17, 15) is 4.79 Å². The first-order valence-corrected chi connectivity index (χ1v) is 7.10. The molecule has 0 radical (unpaired) electrons. The number of amides is 1. The van der Waals surface area contributed by atoms with Crippen LogP contribution in [0.25, 0.3) is 0 Å². The molecule has 0 aliphatic carbocycles. The van der Waals surface area contributed by atoms with Gasteiger partial charge in [0.1, 0.15) is 4.83 Å². The number of carbonyl (C=O) groups excluding carboxylic acids is 1. The molecule has 0 heterocycles. The fourth-order valence-corrected chi connectivity index (χ4v) is 2.39. The molecule has 1 rings (SSSR count). The average Bonchev–Trinajstić information content (AvgIpc) is 2.38. The van der Waals surface area contributed by atoms with E-state index in [0.29, 0.717) is 0 Å². The van der Waals surface area contributed by atoms with Crippen LogP contribution in [0.3, 0.4) is 0 Å². The SMILES string of the molecule is CCCN(CCC)C(=O)C(Br)c1ccccc1. The standard InChI is InChI=1S/C14H20BrNO/c1-3-10-16(11-4-2)14(17)13(15)12-8-6-5-7-9-12/h5-9,13H,3-4,10-11H2,1-2H3. The molecular weight excluding hydrogens is 278 g/mol. The first-order chi connectivity index (χ1) is 8.20. The van der Waals surface area contributed by atoms with Crippen LogP contribution in [0, 0.1) is 0 Å². The Balaban J connectivity index is 2.73. The molecule has 0 N–H and O–H groups in total. The smallest absolute Gasteiger partial charge is 0.240 e. The minimum absolute atomic E-state index is 0.167. The van der Waals surface area contributed by atoms with Gasteiger partial charge >= 0.3 is 0 Å². The van der Waals surface area contributed by atoms with Crippen LogP contribution in [0.15, 0.2) is 30.3 Å². The van der Waals surface area contributed by atoms with Crippen molar-refractivity contribution in [2.75, 3.05) is 13.1 Å². The van der Waals surface area contributed by atoms with Crippen molar-refractivity contribution in [2.45, 2.75) is 31.5 Å². The maximum absolute atomic E-state index is 12.3. The van der Waals surface area contributed by atoms with Crippen molar-refractivity contribution >= 4 is 21.8 Å². The van der Waals surface area contributed by atoms with Crippen LogP contribution in [0.1, 0.15) is 37.1 Å². The number of hydrogen-bond donors (Lipinski definition) is 0. The fraction of sp³-hybridized carbons (Fsp3) is 0.500. The van der Waals surface area contributed by atoms with Gasteiger partial charge in [-0.2, -0.15) is 0 Å². The number of alkyl halides is 1. The Kier molecular flexibility index (Phi) is 6.27. The summed E-state index contributed by atoms with van der Waals surface area (Å²) in [5, 5.41) is 0. The van der Waals surface area contributed by atoms with Crippen molar-refractivity contribution in [3.8, 4) is 0 Å². The van der Waals surface area contributed by atoms with Gasteiger partial charge in [-0.3, -0.25) is 4.79 Å². The van der Waals surface area contributed by atoms with E-state index < -0.39 is 0 Å².